The van der Waals surface area contributed by atoms with Gasteiger partial charge in [0.05, 0.1) is 16.7 Å². The summed E-state index contributed by atoms with van der Waals surface area (Å²) in [5.74, 6) is 0.550. The summed E-state index contributed by atoms with van der Waals surface area (Å²) >= 11 is 1.80. The third-order valence-corrected chi connectivity index (χ3v) is 4.32. The van der Waals surface area contributed by atoms with Gasteiger partial charge in [-0.15, -0.1) is 11.3 Å². The fraction of sp³-hybridized carbons (Fsp3) is 0.750. The zero-order valence-corrected chi connectivity index (χ0v) is 11.2. The van der Waals surface area contributed by atoms with Crippen LogP contribution in [-0.2, 0) is 0 Å². The molecule has 0 spiro atoms. The summed E-state index contributed by atoms with van der Waals surface area (Å²) in [7, 11) is 0. The van der Waals surface area contributed by atoms with Gasteiger partial charge in [-0.2, -0.15) is 0 Å². The van der Waals surface area contributed by atoms with Gasteiger partial charge in [-0.05, 0) is 6.92 Å². The molecule has 1 aliphatic rings. The Morgan fingerprint density at radius 3 is 2.56 bits per heavy atom. The largest absolute Gasteiger partial charge is 0.314 e. The van der Waals surface area contributed by atoms with Crippen molar-refractivity contribution in [2.75, 3.05) is 26.2 Å². The molecule has 90 valence electrons. The highest BCUT2D eigenvalue weighted by atomic mass is 32.1. The lowest BCUT2D eigenvalue weighted by Gasteiger charge is -2.31. The Morgan fingerprint density at radius 2 is 2.00 bits per heavy atom. The first-order valence-corrected chi connectivity index (χ1v) is 6.96. The van der Waals surface area contributed by atoms with Crippen molar-refractivity contribution in [1.29, 1.82) is 0 Å². The van der Waals surface area contributed by atoms with Crippen LogP contribution in [0.5, 0.6) is 0 Å². The van der Waals surface area contributed by atoms with Gasteiger partial charge < -0.3 is 5.32 Å². The molecular weight excluding hydrogens is 218 g/mol. The van der Waals surface area contributed by atoms with Crippen LogP contribution in [-0.4, -0.2) is 36.1 Å². The summed E-state index contributed by atoms with van der Waals surface area (Å²) < 4.78 is 0. The fourth-order valence-electron chi connectivity index (χ4n) is 2.01. The second-order valence-electron chi connectivity index (χ2n) is 4.73. The minimum atomic E-state index is 0.464. The summed E-state index contributed by atoms with van der Waals surface area (Å²) in [6.45, 7) is 11.2. The smallest absolute Gasteiger partial charge is 0.0954 e. The molecule has 1 aromatic rings. The second kappa shape index (κ2) is 5.25. The zero-order valence-electron chi connectivity index (χ0n) is 10.4. The molecule has 2 rings (SSSR count). The molecule has 0 aromatic carbocycles. The first kappa shape index (κ1) is 12.0. The van der Waals surface area contributed by atoms with Crippen LogP contribution < -0.4 is 5.32 Å². The number of aromatic nitrogens is 1. The summed E-state index contributed by atoms with van der Waals surface area (Å²) in [6, 6.07) is 0.464. The molecule has 0 radical (unpaired) electrons. The normalized spacial score (nSPS) is 20.2. The molecule has 1 atom stereocenters. The topological polar surface area (TPSA) is 28.2 Å². The minimum absolute atomic E-state index is 0.464. The van der Waals surface area contributed by atoms with Gasteiger partial charge in [0.2, 0.25) is 0 Å². The predicted molar refractivity (Wildman–Crippen MR) is 69.1 cm³/mol. The Kier molecular flexibility index (Phi) is 3.95. The number of nitrogens with one attached hydrogen (secondary N) is 1. The van der Waals surface area contributed by atoms with Crippen molar-refractivity contribution in [1.82, 2.24) is 15.2 Å². The van der Waals surface area contributed by atoms with E-state index < -0.39 is 0 Å². The highest BCUT2D eigenvalue weighted by molar-refractivity contribution is 7.09. The lowest BCUT2D eigenvalue weighted by atomic mass is 10.2. The quantitative estimate of drug-likeness (QED) is 0.877. The molecule has 16 heavy (non-hydrogen) atoms. The van der Waals surface area contributed by atoms with Crippen LogP contribution in [0.2, 0.25) is 0 Å². The van der Waals surface area contributed by atoms with Crippen LogP contribution in [0.15, 0.2) is 5.38 Å². The Hall–Kier alpha value is -0.450. The van der Waals surface area contributed by atoms with Crippen LogP contribution >= 0.6 is 11.3 Å². The maximum atomic E-state index is 4.74. The van der Waals surface area contributed by atoms with E-state index in [-0.39, 0.29) is 0 Å². The molecule has 0 saturated carbocycles. The van der Waals surface area contributed by atoms with Crippen molar-refractivity contribution in [2.45, 2.75) is 32.7 Å². The van der Waals surface area contributed by atoms with E-state index in [0.717, 1.165) is 26.2 Å². The molecule has 0 aliphatic carbocycles. The summed E-state index contributed by atoms with van der Waals surface area (Å²) in [4.78, 5) is 7.25. The third-order valence-electron chi connectivity index (χ3n) is 3.16. The minimum Gasteiger partial charge on any atom is -0.314 e. The Bertz CT molecular complexity index is 329. The molecule has 4 heteroatoms. The second-order valence-corrected chi connectivity index (χ2v) is 5.62. The number of nitrogens with zero attached hydrogens (tertiary/aromatic N) is 2. The monoisotopic (exact) mass is 239 g/mol. The Morgan fingerprint density at radius 1 is 1.31 bits per heavy atom. The average Bonchev–Trinajstić information content (AvgIpc) is 2.78. The van der Waals surface area contributed by atoms with E-state index in [1.54, 1.807) is 11.3 Å². The number of hydrogen-bond acceptors (Lipinski definition) is 4. The average molecular weight is 239 g/mol. The van der Waals surface area contributed by atoms with E-state index in [4.69, 9.17) is 4.98 Å². The van der Waals surface area contributed by atoms with Gasteiger partial charge >= 0.3 is 0 Å². The first-order chi connectivity index (χ1) is 7.68. The Balaban J connectivity index is 2.04. The molecule has 3 nitrogen and oxygen atoms in total. The zero-order chi connectivity index (χ0) is 11.5. The lowest BCUT2D eigenvalue weighted by Crippen LogP contribution is -2.44. The van der Waals surface area contributed by atoms with Crippen LogP contribution in [0.1, 0.15) is 43.4 Å². The van der Waals surface area contributed by atoms with Crippen molar-refractivity contribution in [3.05, 3.63) is 16.1 Å². The van der Waals surface area contributed by atoms with E-state index in [9.17, 15) is 0 Å². The maximum Gasteiger partial charge on any atom is 0.0954 e. The molecule has 1 saturated heterocycles. The molecule has 2 heterocycles. The molecule has 0 bridgehead atoms. The standard InChI is InChI=1S/C12H21N3S/c1-9(2)12-14-11(8-16-12)10(3)15-6-4-13-5-7-15/h8-10,13H,4-7H2,1-3H3. The van der Waals surface area contributed by atoms with Crippen LogP contribution in [0.25, 0.3) is 0 Å². The van der Waals surface area contributed by atoms with Gasteiger partial charge in [0.25, 0.3) is 0 Å². The van der Waals surface area contributed by atoms with E-state index in [2.05, 4.69) is 36.4 Å². The van der Waals surface area contributed by atoms with Gasteiger partial charge in [0.15, 0.2) is 0 Å². The van der Waals surface area contributed by atoms with Crippen molar-refractivity contribution >= 4 is 11.3 Å². The van der Waals surface area contributed by atoms with Gasteiger partial charge in [0.1, 0.15) is 0 Å². The van der Waals surface area contributed by atoms with Gasteiger partial charge in [0, 0.05) is 37.5 Å². The fourth-order valence-corrected chi connectivity index (χ4v) is 2.94. The first-order valence-electron chi connectivity index (χ1n) is 6.08. The maximum absolute atomic E-state index is 4.74. The molecule has 1 aromatic heterocycles. The van der Waals surface area contributed by atoms with Crippen molar-refractivity contribution < 1.29 is 0 Å². The molecule has 1 fully saturated rings. The third kappa shape index (κ3) is 2.62. The Labute approximate surface area is 102 Å². The number of thiazole rings is 1. The summed E-state index contributed by atoms with van der Waals surface area (Å²) in [5.41, 5.74) is 1.25. The van der Waals surface area contributed by atoms with Crippen LogP contribution in [0.3, 0.4) is 0 Å². The number of piperazine rings is 1. The van der Waals surface area contributed by atoms with Gasteiger partial charge in [-0.25, -0.2) is 4.98 Å². The van der Waals surface area contributed by atoms with E-state index in [1.807, 2.05) is 0 Å². The number of rotatable bonds is 3. The van der Waals surface area contributed by atoms with Gasteiger partial charge in [-0.1, -0.05) is 13.8 Å². The van der Waals surface area contributed by atoms with Crippen LogP contribution in [0, 0.1) is 0 Å². The SMILES string of the molecule is CC(C)c1nc(C(C)N2CCNCC2)cs1. The highest BCUT2D eigenvalue weighted by Gasteiger charge is 2.20. The molecular formula is C12H21N3S. The van der Waals surface area contributed by atoms with Crippen molar-refractivity contribution in [3.8, 4) is 0 Å². The molecule has 0 amide bonds. The van der Waals surface area contributed by atoms with E-state index in [1.165, 1.54) is 10.7 Å². The van der Waals surface area contributed by atoms with Crippen molar-refractivity contribution in [2.24, 2.45) is 0 Å². The molecule has 1 aliphatic heterocycles. The van der Waals surface area contributed by atoms with Crippen molar-refractivity contribution in [3.63, 3.8) is 0 Å². The lowest BCUT2D eigenvalue weighted by molar-refractivity contribution is 0.183. The summed E-state index contributed by atoms with van der Waals surface area (Å²) in [5, 5.41) is 6.87. The summed E-state index contributed by atoms with van der Waals surface area (Å²) in [6.07, 6.45) is 0. The van der Waals surface area contributed by atoms with Gasteiger partial charge in [-0.3, -0.25) is 4.90 Å². The number of hydrogen-bond donors (Lipinski definition) is 1. The molecule has 1 unspecified atom stereocenters. The van der Waals surface area contributed by atoms with E-state index in [0.29, 0.717) is 12.0 Å². The molecule has 1 N–H and O–H groups in total. The predicted octanol–water partition coefficient (Wildman–Crippen LogP) is 2.23. The van der Waals surface area contributed by atoms with Crippen LogP contribution in [0.4, 0.5) is 0 Å². The van der Waals surface area contributed by atoms with E-state index >= 15 is 0 Å². The highest BCUT2D eigenvalue weighted by Crippen LogP contribution is 2.25.